The van der Waals surface area contributed by atoms with Crippen molar-refractivity contribution in [2.24, 2.45) is 0 Å². The molecule has 27 heavy (non-hydrogen) atoms. The van der Waals surface area contributed by atoms with Crippen LogP contribution in [0.15, 0.2) is 12.2 Å². The van der Waals surface area contributed by atoms with E-state index in [9.17, 15) is 9.90 Å². The van der Waals surface area contributed by atoms with Gasteiger partial charge in [-0.3, -0.25) is 9.69 Å². The Kier molecular flexibility index (Phi) is 9.84. The highest BCUT2D eigenvalue weighted by Crippen LogP contribution is 2.35. The molecule has 2 saturated heterocycles. The Hall–Kier alpha value is -0.870. The van der Waals surface area contributed by atoms with Crippen LogP contribution in [-0.4, -0.2) is 46.3 Å². The lowest BCUT2D eigenvalue weighted by Gasteiger charge is -2.50. The van der Waals surface area contributed by atoms with E-state index in [0.29, 0.717) is 12.1 Å². The van der Waals surface area contributed by atoms with Crippen LogP contribution >= 0.6 is 0 Å². The number of carbonyl (C=O) groups is 1. The molecular formula is C23H41NO3. The first-order valence-electron chi connectivity index (χ1n) is 11.3. The Labute approximate surface area is 166 Å². The molecule has 2 fully saturated rings. The van der Waals surface area contributed by atoms with Gasteiger partial charge in [0.2, 0.25) is 0 Å². The van der Waals surface area contributed by atoms with Crippen LogP contribution < -0.4 is 0 Å². The zero-order valence-corrected chi connectivity index (χ0v) is 17.7. The van der Waals surface area contributed by atoms with Gasteiger partial charge in [-0.1, -0.05) is 64.0 Å². The van der Waals surface area contributed by atoms with Crippen molar-refractivity contribution in [1.82, 2.24) is 4.90 Å². The summed E-state index contributed by atoms with van der Waals surface area (Å²) < 4.78 is 5.57. The number of ether oxygens (including phenoxy) is 1. The van der Waals surface area contributed by atoms with Gasteiger partial charge in [-0.2, -0.15) is 0 Å². The van der Waals surface area contributed by atoms with Crippen LogP contribution in [-0.2, 0) is 9.53 Å². The van der Waals surface area contributed by atoms with Crippen LogP contribution in [0.4, 0.5) is 0 Å². The molecule has 0 aromatic heterocycles. The van der Waals surface area contributed by atoms with Gasteiger partial charge in [0, 0.05) is 25.0 Å². The van der Waals surface area contributed by atoms with Crippen molar-refractivity contribution in [2.45, 2.75) is 128 Å². The van der Waals surface area contributed by atoms with Crippen LogP contribution in [0.2, 0.25) is 0 Å². The molecule has 0 aliphatic carbocycles. The zero-order valence-electron chi connectivity index (χ0n) is 17.7. The van der Waals surface area contributed by atoms with Crippen molar-refractivity contribution >= 4 is 5.97 Å². The number of aliphatic hydroxyl groups is 1. The predicted octanol–water partition coefficient (Wildman–Crippen LogP) is 4.99. The van der Waals surface area contributed by atoms with Crippen molar-refractivity contribution in [3.05, 3.63) is 12.2 Å². The number of nitrogens with zero attached hydrogens (tertiary/aromatic N) is 1. The van der Waals surface area contributed by atoms with Crippen LogP contribution in [0.1, 0.15) is 97.8 Å². The first kappa shape index (κ1) is 22.4. The Balaban J connectivity index is 1.82. The number of fused-ring (bicyclic) bond motifs is 1. The molecule has 0 radical (unpaired) electrons. The third kappa shape index (κ3) is 7.23. The van der Waals surface area contributed by atoms with Crippen LogP contribution in [0.5, 0.6) is 0 Å². The number of unbranched alkanes of at least 4 members (excludes halogenated alkanes) is 5. The summed E-state index contributed by atoms with van der Waals surface area (Å²) in [6.07, 6.45) is 18.0. The molecular weight excluding hydrogens is 338 g/mol. The van der Waals surface area contributed by atoms with Crippen LogP contribution in [0.25, 0.3) is 0 Å². The molecule has 2 heterocycles. The second-order valence-corrected chi connectivity index (χ2v) is 8.57. The van der Waals surface area contributed by atoms with E-state index in [1.54, 1.807) is 0 Å². The minimum atomic E-state index is -0.332. The summed E-state index contributed by atoms with van der Waals surface area (Å²) in [5.74, 6) is -0.177. The van der Waals surface area contributed by atoms with E-state index in [0.717, 1.165) is 32.1 Å². The lowest BCUT2D eigenvalue weighted by molar-refractivity contribution is -0.155. The number of hydrogen-bond acceptors (Lipinski definition) is 4. The molecule has 4 heteroatoms. The average molecular weight is 380 g/mol. The molecule has 2 aliphatic rings. The summed E-state index contributed by atoms with van der Waals surface area (Å²) in [5, 5.41) is 10.3. The molecule has 0 aromatic carbocycles. The minimum absolute atomic E-state index is 0.000735. The van der Waals surface area contributed by atoms with Crippen LogP contribution in [0.3, 0.4) is 0 Å². The van der Waals surface area contributed by atoms with Gasteiger partial charge in [-0.05, 0) is 39.0 Å². The van der Waals surface area contributed by atoms with Crippen molar-refractivity contribution in [2.75, 3.05) is 0 Å². The highest BCUT2D eigenvalue weighted by atomic mass is 16.5. The van der Waals surface area contributed by atoms with Crippen LogP contribution in [0, 0.1) is 0 Å². The monoisotopic (exact) mass is 379 g/mol. The predicted molar refractivity (Wildman–Crippen MR) is 111 cm³/mol. The Morgan fingerprint density at radius 2 is 1.89 bits per heavy atom. The third-order valence-electron chi connectivity index (χ3n) is 6.36. The molecule has 0 bridgehead atoms. The molecule has 156 valence electrons. The second kappa shape index (κ2) is 11.9. The number of rotatable bonds is 10. The van der Waals surface area contributed by atoms with E-state index in [1.807, 2.05) is 6.08 Å². The van der Waals surface area contributed by atoms with Crippen molar-refractivity contribution in [1.29, 1.82) is 0 Å². The number of aliphatic hydroxyl groups excluding tert-OH is 1. The fourth-order valence-electron chi connectivity index (χ4n) is 4.90. The largest absolute Gasteiger partial charge is 0.461 e. The first-order valence-corrected chi connectivity index (χ1v) is 11.3. The number of piperidine rings is 2. The van der Waals surface area contributed by atoms with E-state index in [2.05, 4.69) is 24.8 Å². The summed E-state index contributed by atoms with van der Waals surface area (Å²) in [6, 6.07) is 1.19. The average Bonchev–Trinajstić information content (AvgIpc) is 2.64. The standard InChI is InChI=1S/C23H41NO3/c1-4-5-6-7-8-9-13-22(26)16-14-20-11-10-12-21-15-17-23(27-19(3)25)18(2)24(20)21/h14,16,18,20-23,26H,4-13,15,17H2,1-3H3/b16-14+/t18-,20-,21-,22-,23+/m0/s1. The Morgan fingerprint density at radius 1 is 1.15 bits per heavy atom. The number of carbonyl (C=O) groups excluding carboxylic acids is 1. The van der Waals surface area contributed by atoms with Gasteiger partial charge >= 0.3 is 5.97 Å². The van der Waals surface area contributed by atoms with Crippen molar-refractivity contribution in [3.63, 3.8) is 0 Å². The molecule has 0 unspecified atom stereocenters. The van der Waals surface area contributed by atoms with Gasteiger partial charge in [0.05, 0.1) is 6.10 Å². The van der Waals surface area contributed by atoms with Gasteiger partial charge in [0.15, 0.2) is 0 Å². The summed E-state index contributed by atoms with van der Waals surface area (Å²) in [7, 11) is 0. The highest BCUT2D eigenvalue weighted by molar-refractivity contribution is 5.66. The topological polar surface area (TPSA) is 49.8 Å². The van der Waals surface area contributed by atoms with E-state index in [4.69, 9.17) is 4.74 Å². The quantitative estimate of drug-likeness (QED) is 0.330. The molecule has 2 rings (SSSR count). The molecule has 2 aliphatic heterocycles. The summed E-state index contributed by atoms with van der Waals surface area (Å²) in [6.45, 7) is 5.94. The van der Waals surface area contributed by atoms with Gasteiger partial charge in [0.1, 0.15) is 6.10 Å². The lowest BCUT2D eigenvalue weighted by Crippen LogP contribution is -2.58. The zero-order chi connectivity index (χ0) is 19.6. The second-order valence-electron chi connectivity index (χ2n) is 8.57. The lowest BCUT2D eigenvalue weighted by atomic mass is 9.84. The Morgan fingerprint density at radius 3 is 2.63 bits per heavy atom. The maximum absolute atomic E-state index is 11.4. The molecule has 1 N–H and O–H groups in total. The molecule has 0 spiro atoms. The number of esters is 1. The van der Waals surface area contributed by atoms with Gasteiger partial charge in [-0.25, -0.2) is 0 Å². The molecule has 4 nitrogen and oxygen atoms in total. The van der Waals surface area contributed by atoms with Gasteiger partial charge in [0.25, 0.3) is 0 Å². The SMILES string of the molecule is CCCCCCCC[C@H](O)/C=C/[C@@H]1CCC[C@H]2CC[C@@H](OC(C)=O)[C@H](C)N21. The van der Waals surface area contributed by atoms with E-state index >= 15 is 0 Å². The van der Waals surface area contributed by atoms with Crippen molar-refractivity contribution < 1.29 is 14.6 Å². The summed E-state index contributed by atoms with van der Waals surface area (Å²) in [4.78, 5) is 14.0. The van der Waals surface area contributed by atoms with E-state index in [-0.39, 0.29) is 24.2 Å². The summed E-state index contributed by atoms with van der Waals surface area (Å²) >= 11 is 0. The molecule has 0 aromatic rings. The minimum Gasteiger partial charge on any atom is -0.461 e. The van der Waals surface area contributed by atoms with E-state index in [1.165, 1.54) is 51.9 Å². The number of hydrogen-bond donors (Lipinski definition) is 1. The van der Waals surface area contributed by atoms with Crippen molar-refractivity contribution in [3.8, 4) is 0 Å². The first-order chi connectivity index (χ1) is 13.0. The normalized spacial score (nSPS) is 30.2. The summed E-state index contributed by atoms with van der Waals surface area (Å²) in [5.41, 5.74) is 0. The Bertz CT molecular complexity index is 465. The highest BCUT2D eigenvalue weighted by Gasteiger charge is 2.40. The third-order valence-corrected chi connectivity index (χ3v) is 6.36. The molecule has 0 amide bonds. The maximum atomic E-state index is 11.4. The molecule has 0 saturated carbocycles. The van der Waals surface area contributed by atoms with Gasteiger partial charge < -0.3 is 9.84 Å². The van der Waals surface area contributed by atoms with Gasteiger partial charge in [-0.15, -0.1) is 0 Å². The fraction of sp³-hybridized carbons (Fsp3) is 0.870. The van der Waals surface area contributed by atoms with E-state index < -0.39 is 0 Å². The fourth-order valence-corrected chi connectivity index (χ4v) is 4.90. The molecule has 5 atom stereocenters. The maximum Gasteiger partial charge on any atom is 0.302 e. The smallest absolute Gasteiger partial charge is 0.302 e.